The molecule has 0 aliphatic heterocycles. The maximum absolute atomic E-state index is 11.7. The number of ether oxygens (including phenoxy) is 2. The Morgan fingerprint density at radius 1 is 0.917 bits per heavy atom. The molecule has 128 valence electrons. The van der Waals surface area contributed by atoms with E-state index < -0.39 is 11.7 Å². The van der Waals surface area contributed by atoms with Gasteiger partial charge in [-0.3, -0.25) is 5.32 Å². The fourth-order valence-electron chi connectivity index (χ4n) is 2.03. The molecule has 0 saturated heterocycles. The van der Waals surface area contributed by atoms with E-state index in [0.717, 1.165) is 17.1 Å². The highest BCUT2D eigenvalue weighted by atomic mass is 16.6. The largest absolute Gasteiger partial charge is 0.494 e. The van der Waals surface area contributed by atoms with Crippen molar-refractivity contribution in [1.82, 2.24) is 0 Å². The number of hydrogen-bond acceptors (Lipinski definition) is 4. The van der Waals surface area contributed by atoms with E-state index in [1.54, 1.807) is 0 Å². The van der Waals surface area contributed by atoms with Gasteiger partial charge in [-0.05, 0) is 76.2 Å². The Morgan fingerprint density at radius 3 is 1.92 bits per heavy atom. The van der Waals surface area contributed by atoms with Crippen LogP contribution < -0.4 is 15.4 Å². The third kappa shape index (κ3) is 5.83. The van der Waals surface area contributed by atoms with Gasteiger partial charge in [-0.2, -0.15) is 0 Å². The summed E-state index contributed by atoms with van der Waals surface area (Å²) in [6.45, 7) is 8.10. The summed E-state index contributed by atoms with van der Waals surface area (Å²) in [4.78, 5) is 11.7. The van der Waals surface area contributed by atoms with Crippen molar-refractivity contribution in [1.29, 1.82) is 0 Å². The average Bonchev–Trinajstić information content (AvgIpc) is 2.49. The van der Waals surface area contributed by atoms with Crippen LogP contribution in [0.3, 0.4) is 0 Å². The Morgan fingerprint density at radius 2 is 1.42 bits per heavy atom. The van der Waals surface area contributed by atoms with Crippen LogP contribution in [0, 0.1) is 0 Å². The number of rotatable bonds is 5. The molecule has 0 unspecified atom stereocenters. The molecule has 24 heavy (non-hydrogen) atoms. The molecule has 2 rings (SSSR count). The van der Waals surface area contributed by atoms with Gasteiger partial charge in [-0.15, -0.1) is 0 Å². The molecule has 0 spiro atoms. The second-order valence-corrected chi connectivity index (χ2v) is 6.29. The molecule has 5 heteroatoms. The Hall–Kier alpha value is -2.69. The van der Waals surface area contributed by atoms with Crippen molar-refractivity contribution in [2.45, 2.75) is 33.3 Å². The second kappa shape index (κ2) is 7.73. The first kappa shape index (κ1) is 17.7. The zero-order chi connectivity index (χ0) is 17.6. The topological polar surface area (TPSA) is 59.6 Å². The summed E-state index contributed by atoms with van der Waals surface area (Å²) in [6.07, 6.45) is -0.463. The van der Waals surface area contributed by atoms with Gasteiger partial charge in [0.2, 0.25) is 0 Å². The Balaban J connectivity index is 1.93. The molecular formula is C19H24N2O3. The maximum Gasteiger partial charge on any atom is 0.412 e. The van der Waals surface area contributed by atoms with Crippen LogP contribution in [0.5, 0.6) is 5.75 Å². The lowest BCUT2D eigenvalue weighted by Crippen LogP contribution is -2.27. The van der Waals surface area contributed by atoms with Gasteiger partial charge in [0, 0.05) is 17.1 Å². The fraction of sp³-hybridized carbons (Fsp3) is 0.316. The van der Waals surface area contributed by atoms with Crippen molar-refractivity contribution >= 4 is 23.2 Å². The van der Waals surface area contributed by atoms with E-state index in [2.05, 4.69) is 10.6 Å². The van der Waals surface area contributed by atoms with Crippen molar-refractivity contribution in [3.8, 4) is 5.75 Å². The molecule has 0 saturated carbocycles. The zero-order valence-corrected chi connectivity index (χ0v) is 14.6. The summed E-state index contributed by atoms with van der Waals surface area (Å²) in [5.74, 6) is 0.847. The van der Waals surface area contributed by atoms with Crippen molar-refractivity contribution in [2.75, 3.05) is 17.2 Å². The molecule has 0 fully saturated rings. The number of nitrogens with one attached hydrogen (secondary N) is 2. The Labute approximate surface area is 143 Å². The summed E-state index contributed by atoms with van der Waals surface area (Å²) >= 11 is 0. The van der Waals surface area contributed by atoms with Crippen LogP contribution in [0.15, 0.2) is 48.5 Å². The number of hydrogen-bond donors (Lipinski definition) is 2. The van der Waals surface area contributed by atoms with Crippen molar-refractivity contribution in [2.24, 2.45) is 0 Å². The fourth-order valence-corrected chi connectivity index (χ4v) is 2.03. The van der Waals surface area contributed by atoms with E-state index in [0.29, 0.717) is 12.3 Å². The summed E-state index contributed by atoms with van der Waals surface area (Å²) in [7, 11) is 0. The van der Waals surface area contributed by atoms with Gasteiger partial charge < -0.3 is 14.8 Å². The summed E-state index contributed by atoms with van der Waals surface area (Å²) in [5, 5.41) is 6.00. The van der Waals surface area contributed by atoms with Gasteiger partial charge in [0.1, 0.15) is 11.4 Å². The number of anilines is 3. The molecule has 0 aliphatic rings. The van der Waals surface area contributed by atoms with E-state index >= 15 is 0 Å². The zero-order valence-electron chi connectivity index (χ0n) is 14.6. The molecule has 0 radical (unpaired) electrons. The molecule has 0 bridgehead atoms. The Kier molecular flexibility index (Phi) is 5.68. The lowest BCUT2D eigenvalue weighted by Gasteiger charge is -2.19. The predicted octanol–water partition coefficient (Wildman–Crippen LogP) is 5.18. The third-order valence-electron chi connectivity index (χ3n) is 2.98. The van der Waals surface area contributed by atoms with E-state index in [-0.39, 0.29) is 0 Å². The normalized spacial score (nSPS) is 10.8. The van der Waals surface area contributed by atoms with Gasteiger partial charge in [-0.25, -0.2) is 4.79 Å². The van der Waals surface area contributed by atoms with Crippen LogP contribution in [0.2, 0.25) is 0 Å². The number of carbonyl (C=O) groups excluding carboxylic acids is 1. The second-order valence-electron chi connectivity index (χ2n) is 6.29. The first-order chi connectivity index (χ1) is 11.4. The highest BCUT2D eigenvalue weighted by Gasteiger charge is 2.16. The summed E-state index contributed by atoms with van der Waals surface area (Å²) in [6, 6.07) is 15.2. The molecule has 2 aromatic rings. The standard InChI is InChI=1S/C19H24N2O3/c1-5-23-17-12-10-15(11-13-17)20-14-6-8-16(9-7-14)21-18(22)24-19(2,3)4/h6-13,20H,5H2,1-4H3,(H,21,22). The molecule has 2 N–H and O–H groups in total. The van der Waals surface area contributed by atoms with Crippen LogP contribution >= 0.6 is 0 Å². The monoisotopic (exact) mass is 328 g/mol. The molecule has 0 atom stereocenters. The lowest BCUT2D eigenvalue weighted by atomic mass is 10.2. The minimum absolute atomic E-state index is 0.463. The average molecular weight is 328 g/mol. The van der Waals surface area contributed by atoms with E-state index in [1.807, 2.05) is 76.2 Å². The molecule has 2 aromatic carbocycles. The number of amides is 1. The number of carbonyl (C=O) groups is 1. The first-order valence-corrected chi connectivity index (χ1v) is 7.96. The number of benzene rings is 2. The molecule has 1 amide bonds. The quantitative estimate of drug-likeness (QED) is 0.794. The smallest absolute Gasteiger partial charge is 0.412 e. The molecule has 5 nitrogen and oxygen atoms in total. The van der Waals surface area contributed by atoms with E-state index in [4.69, 9.17) is 9.47 Å². The van der Waals surface area contributed by atoms with Crippen LogP contribution in [0.1, 0.15) is 27.7 Å². The van der Waals surface area contributed by atoms with Gasteiger partial charge in [-0.1, -0.05) is 0 Å². The van der Waals surface area contributed by atoms with Crippen molar-refractivity contribution in [3.63, 3.8) is 0 Å². The van der Waals surface area contributed by atoms with Crippen LogP contribution in [0.25, 0.3) is 0 Å². The summed E-state index contributed by atoms with van der Waals surface area (Å²) < 4.78 is 10.6. The van der Waals surface area contributed by atoms with Gasteiger partial charge in [0.25, 0.3) is 0 Å². The van der Waals surface area contributed by atoms with Gasteiger partial charge in [0.15, 0.2) is 0 Å². The van der Waals surface area contributed by atoms with E-state index in [9.17, 15) is 4.79 Å². The van der Waals surface area contributed by atoms with Crippen LogP contribution in [0.4, 0.5) is 21.9 Å². The van der Waals surface area contributed by atoms with E-state index in [1.165, 1.54) is 0 Å². The van der Waals surface area contributed by atoms with Crippen molar-refractivity contribution < 1.29 is 14.3 Å². The van der Waals surface area contributed by atoms with Crippen molar-refractivity contribution in [3.05, 3.63) is 48.5 Å². The van der Waals surface area contributed by atoms with Gasteiger partial charge >= 0.3 is 6.09 Å². The maximum atomic E-state index is 11.7. The molecular weight excluding hydrogens is 304 g/mol. The predicted molar refractivity (Wildman–Crippen MR) is 97.2 cm³/mol. The minimum Gasteiger partial charge on any atom is -0.494 e. The third-order valence-corrected chi connectivity index (χ3v) is 2.98. The summed E-state index contributed by atoms with van der Waals surface area (Å²) in [5.41, 5.74) is 2.06. The lowest BCUT2D eigenvalue weighted by molar-refractivity contribution is 0.0636. The van der Waals surface area contributed by atoms with Gasteiger partial charge in [0.05, 0.1) is 6.61 Å². The molecule has 0 aromatic heterocycles. The Bertz CT molecular complexity index is 659. The first-order valence-electron chi connectivity index (χ1n) is 7.96. The molecule has 0 heterocycles. The van der Waals surface area contributed by atoms with Crippen LogP contribution in [-0.2, 0) is 4.74 Å². The highest BCUT2D eigenvalue weighted by molar-refractivity contribution is 5.85. The highest BCUT2D eigenvalue weighted by Crippen LogP contribution is 2.21. The van der Waals surface area contributed by atoms with Crippen LogP contribution in [-0.4, -0.2) is 18.3 Å². The molecule has 0 aliphatic carbocycles. The minimum atomic E-state index is -0.515. The SMILES string of the molecule is CCOc1ccc(Nc2ccc(NC(=O)OC(C)(C)C)cc2)cc1.